The molecule has 1 aromatic carbocycles. The largest absolute Gasteiger partial charge is 0.414 e. The van der Waals surface area contributed by atoms with Gasteiger partial charge in [0.15, 0.2) is 0 Å². The van der Waals surface area contributed by atoms with Gasteiger partial charge in [0.25, 0.3) is 0 Å². The smallest absolute Gasteiger partial charge is 0.410 e. The van der Waals surface area contributed by atoms with E-state index in [0.717, 1.165) is 12.0 Å². The Balaban J connectivity index is 1.92. The van der Waals surface area contributed by atoms with Crippen LogP contribution in [0.15, 0.2) is 30.3 Å². The number of ether oxygens (including phenoxy) is 1. The van der Waals surface area contributed by atoms with Gasteiger partial charge in [0, 0.05) is 38.1 Å². The van der Waals surface area contributed by atoms with Crippen LogP contribution in [0.2, 0.25) is 0 Å². The molecule has 3 rings (SSSR count). The number of carbonyl (C=O) groups is 1. The van der Waals surface area contributed by atoms with Crippen LogP contribution in [0.1, 0.15) is 24.1 Å². The Morgan fingerprint density at radius 2 is 1.95 bits per heavy atom. The summed E-state index contributed by atoms with van der Waals surface area (Å²) in [7, 11) is 5.48. The molecule has 1 amide bonds. The molecule has 1 aromatic heterocycles. The summed E-state index contributed by atoms with van der Waals surface area (Å²) in [6, 6.07) is 10.0. The van der Waals surface area contributed by atoms with Gasteiger partial charge in [0.1, 0.15) is 5.75 Å². The van der Waals surface area contributed by atoms with Gasteiger partial charge in [-0.05, 0) is 49.4 Å². The molecular weight excluding hydrogens is 276 g/mol. The minimum atomic E-state index is -0.358. The van der Waals surface area contributed by atoms with E-state index in [4.69, 9.17) is 4.74 Å². The molecule has 1 aliphatic rings. The molecule has 0 spiro atoms. The van der Waals surface area contributed by atoms with Crippen molar-refractivity contribution in [2.24, 2.45) is 7.05 Å². The molecule has 0 atom stereocenters. The summed E-state index contributed by atoms with van der Waals surface area (Å²) in [4.78, 5) is 13.1. The second-order valence-corrected chi connectivity index (χ2v) is 6.06. The Kier molecular flexibility index (Phi) is 3.92. The summed E-state index contributed by atoms with van der Waals surface area (Å²) in [6.07, 6.45) is 4.50. The molecule has 116 valence electrons. The van der Waals surface area contributed by atoms with Crippen LogP contribution in [-0.4, -0.2) is 29.7 Å². The van der Waals surface area contributed by atoms with Crippen molar-refractivity contribution in [2.45, 2.75) is 25.7 Å². The summed E-state index contributed by atoms with van der Waals surface area (Å²) < 4.78 is 7.64. The molecule has 22 heavy (non-hydrogen) atoms. The first-order valence-corrected chi connectivity index (χ1v) is 7.73. The third-order valence-electron chi connectivity index (χ3n) is 4.26. The highest BCUT2D eigenvalue weighted by Gasteiger charge is 2.17. The van der Waals surface area contributed by atoms with Gasteiger partial charge in [-0.3, -0.25) is 0 Å². The fourth-order valence-corrected chi connectivity index (χ4v) is 3.05. The molecule has 0 bridgehead atoms. The van der Waals surface area contributed by atoms with E-state index in [1.54, 1.807) is 14.1 Å². The molecular formula is C18H22N2O2. The van der Waals surface area contributed by atoms with E-state index in [2.05, 4.69) is 23.7 Å². The second-order valence-electron chi connectivity index (χ2n) is 6.06. The number of nitrogens with zero attached hydrogens (tertiary/aromatic N) is 2. The first-order chi connectivity index (χ1) is 10.6. The van der Waals surface area contributed by atoms with Crippen molar-refractivity contribution in [1.82, 2.24) is 9.47 Å². The summed E-state index contributed by atoms with van der Waals surface area (Å²) >= 11 is 0. The van der Waals surface area contributed by atoms with Crippen LogP contribution in [0.4, 0.5) is 4.79 Å². The number of rotatable bonds is 2. The van der Waals surface area contributed by atoms with Crippen LogP contribution in [0.25, 0.3) is 11.3 Å². The molecule has 0 fully saturated rings. The van der Waals surface area contributed by atoms with Gasteiger partial charge in [-0.25, -0.2) is 4.79 Å². The summed E-state index contributed by atoms with van der Waals surface area (Å²) in [6.45, 7) is 0. The Morgan fingerprint density at radius 3 is 2.68 bits per heavy atom. The fraction of sp³-hybridized carbons (Fsp3) is 0.389. The number of hydrogen-bond donors (Lipinski definition) is 0. The third kappa shape index (κ3) is 2.73. The maximum atomic E-state index is 11.7. The number of aromatic nitrogens is 1. The predicted molar refractivity (Wildman–Crippen MR) is 87.2 cm³/mol. The van der Waals surface area contributed by atoms with E-state index in [1.165, 1.54) is 41.1 Å². The normalized spacial score (nSPS) is 13.6. The predicted octanol–water partition coefficient (Wildman–Crippen LogP) is 3.63. The highest BCUT2D eigenvalue weighted by Crippen LogP contribution is 2.31. The quantitative estimate of drug-likeness (QED) is 0.848. The van der Waals surface area contributed by atoms with E-state index < -0.39 is 0 Å². The van der Waals surface area contributed by atoms with E-state index in [9.17, 15) is 4.79 Å². The first-order valence-electron chi connectivity index (χ1n) is 7.73. The van der Waals surface area contributed by atoms with Gasteiger partial charge < -0.3 is 14.2 Å². The molecule has 1 heterocycles. The van der Waals surface area contributed by atoms with Crippen LogP contribution in [0, 0.1) is 0 Å². The van der Waals surface area contributed by atoms with Crippen LogP contribution in [-0.2, 0) is 19.9 Å². The van der Waals surface area contributed by atoms with Crippen molar-refractivity contribution in [2.75, 3.05) is 14.1 Å². The van der Waals surface area contributed by atoms with Crippen molar-refractivity contribution in [3.8, 4) is 17.0 Å². The average molecular weight is 298 g/mol. The van der Waals surface area contributed by atoms with Gasteiger partial charge in [-0.15, -0.1) is 0 Å². The molecule has 1 aliphatic carbocycles. The summed E-state index contributed by atoms with van der Waals surface area (Å²) in [5.74, 6) is 0.579. The van der Waals surface area contributed by atoms with Gasteiger partial charge in [0.05, 0.1) is 0 Å². The molecule has 0 saturated heterocycles. The van der Waals surface area contributed by atoms with Crippen molar-refractivity contribution in [1.29, 1.82) is 0 Å². The molecule has 2 aromatic rings. The average Bonchev–Trinajstić information content (AvgIpc) is 2.85. The molecule has 0 aliphatic heterocycles. The Morgan fingerprint density at radius 1 is 1.18 bits per heavy atom. The Hall–Kier alpha value is -2.23. The lowest BCUT2D eigenvalue weighted by molar-refractivity contribution is 0.172. The Bertz CT molecular complexity index is 701. The van der Waals surface area contributed by atoms with Crippen LogP contribution in [0.3, 0.4) is 0 Å². The van der Waals surface area contributed by atoms with E-state index in [0.29, 0.717) is 5.75 Å². The van der Waals surface area contributed by atoms with Crippen molar-refractivity contribution in [3.05, 3.63) is 41.6 Å². The zero-order chi connectivity index (χ0) is 15.7. The van der Waals surface area contributed by atoms with E-state index in [1.807, 2.05) is 18.2 Å². The van der Waals surface area contributed by atoms with Gasteiger partial charge in [0.2, 0.25) is 0 Å². The summed E-state index contributed by atoms with van der Waals surface area (Å²) in [5, 5.41) is 0. The standard InChI is InChI=1S/C18H22N2O2/c1-19(2)18(21)22-15-9-6-8-13(11-15)17-12-14-7-4-5-10-16(14)20(17)3/h6,8-9,11-12H,4-5,7,10H2,1-3H3. The molecule has 0 saturated carbocycles. The molecule has 4 heteroatoms. The molecule has 0 radical (unpaired) electrons. The lowest BCUT2D eigenvalue weighted by Crippen LogP contribution is -2.25. The number of carbonyl (C=O) groups excluding carboxylic acids is 1. The second kappa shape index (κ2) is 5.87. The number of amides is 1. The highest BCUT2D eigenvalue weighted by molar-refractivity contribution is 5.71. The zero-order valence-electron chi connectivity index (χ0n) is 13.4. The van der Waals surface area contributed by atoms with Crippen LogP contribution in [0.5, 0.6) is 5.75 Å². The van der Waals surface area contributed by atoms with Crippen LogP contribution >= 0.6 is 0 Å². The number of fused-ring (bicyclic) bond motifs is 1. The Labute approximate surface area is 131 Å². The van der Waals surface area contributed by atoms with E-state index >= 15 is 0 Å². The third-order valence-corrected chi connectivity index (χ3v) is 4.26. The monoisotopic (exact) mass is 298 g/mol. The molecule has 0 N–H and O–H groups in total. The van der Waals surface area contributed by atoms with Gasteiger partial charge in [-0.2, -0.15) is 0 Å². The maximum absolute atomic E-state index is 11.7. The maximum Gasteiger partial charge on any atom is 0.414 e. The van der Waals surface area contributed by atoms with E-state index in [-0.39, 0.29) is 6.09 Å². The lowest BCUT2D eigenvalue weighted by Gasteiger charge is -2.14. The van der Waals surface area contributed by atoms with Gasteiger partial charge >= 0.3 is 6.09 Å². The highest BCUT2D eigenvalue weighted by atomic mass is 16.6. The minimum Gasteiger partial charge on any atom is -0.410 e. The fourth-order valence-electron chi connectivity index (χ4n) is 3.05. The number of aryl methyl sites for hydroxylation is 1. The molecule has 0 unspecified atom stereocenters. The number of hydrogen-bond acceptors (Lipinski definition) is 2. The minimum absolute atomic E-state index is 0.358. The molecule has 4 nitrogen and oxygen atoms in total. The zero-order valence-corrected chi connectivity index (χ0v) is 13.4. The van der Waals surface area contributed by atoms with Crippen molar-refractivity contribution in [3.63, 3.8) is 0 Å². The number of benzene rings is 1. The van der Waals surface area contributed by atoms with Crippen molar-refractivity contribution < 1.29 is 9.53 Å². The SMILES string of the molecule is CN(C)C(=O)Oc1cccc(-c2cc3c(n2C)CCCC3)c1. The van der Waals surface area contributed by atoms with Crippen molar-refractivity contribution >= 4 is 6.09 Å². The van der Waals surface area contributed by atoms with Gasteiger partial charge in [-0.1, -0.05) is 12.1 Å². The first kappa shape index (κ1) is 14.7. The topological polar surface area (TPSA) is 34.5 Å². The lowest BCUT2D eigenvalue weighted by atomic mass is 9.98. The summed E-state index contributed by atoms with van der Waals surface area (Å²) in [5.41, 5.74) is 5.17. The van der Waals surface area contributed by atoms with Crippen LogP contribution < -0.4 is 4.74 Å².